The van der Waals surface area contributed by atoms with Crippen molar-refractivity contribution in [1.82, 2.24) is 0 Å². The molecular weight excluding hydrogens is 138 g/mol. The molecule has 0 bridgehead atoms. The van der Waals surface area contributed by atoms with Crippen molar-refractivity contribution in [2.45, 2.75) is 13.8 Å². The number of benzene rings is 1. The van der Waals surface area contributed by atoms with Crippen molar-refractivity contribution in [1.29, 1.82) is 5.26 Å². The minimum Gasteiger partial charge on any atom is -0.443 e. The predicted molar refractivity (Wildman–Crippen MR) is 43.5 cm³/mol. The Balaban J connectivity index is 0.000000292. The molecule has 0 saturated carbocycles. The number of hydrogen-bond acceptors (Lipinski definition) is 2. The molecule has 0 aliphatic heterocycles. The van der Waals surface area contributed by atoms with E-state index in [2.05, 4.69) is 38.1 Å². The lowest BCUT2D eigenvalue weighted by atomic mass is 10.2. The highest BCUT2D eigenvalue weighted by Gasteiger charge is 1.79. The summed E-state index contributed by atoms with van der Waals surface area (Å²) in [7, 11) is 0. The Morgan fingerprint density at radius 2 is 1.27 bits per heavy atom. The Hall–Kier alpha value is -1.49. The number of nitriles is 1. The molecule has 0 amide bonds. The third kappa shape index (κ3) is 4.98. The van der Waals surface area contributed by atoms with Crippen LogP contribution in [0.25, 0.3) is 0 Å². The van der Waals surface area contributed by atoms with Gasteiger partial charge in [-0.05, 0) is 13.8 Å². The van der Waals surface area contributed by atoms with Crippen LogP contribution in [0, 0.1) is 25.4 Å². The molecule has 0 spiro atoms. The predicted octanol–water partition coefficient (Wildman–Crippen LogP) is 2.14. The molecule has 0 heterocycles. The SMILES string of the molecule is Cc1ccc(C)cc1.N#CO. The highest BCUT2D eigenvalue weighted by Crippen LogP contribution is 1.99. The smallest absolute Gasteiger partial charge is 0.283 e. The summed E-state index contributed by atoms with van der Waals surface area (Å²) in [5.74, 6) is 0. The lowest BCUT2D eigenvalue weighted by molar-refractivity contribution is 0.503. The number of aliphatic hydroxyl groups is 1. The topological polar surface area (TPSA) is 44.0 Å². The first kappa shape index (κ1) is 9.51. The van der Waals surface area contributed by atoms with E-state index in [1.165, 1.54) is 11.1 Å². The van der Waals surface area contributed by atoms with E-state index >= 15 is 0 Å². The van der Waals surface area contributed by atoms with Crippen LogP contribution in [0.4, 0.5) is 0 Å². The van der Waals surface area contributed by atoms with E-state index in [1.807, 2.05) is 0 Å². The molecule has 0 atom stereocenters. The summed E-state index contributed by atoms with van der Waals surface area (Å²) in [4.78, 5) is 0. The minimum absolute atomic E-state index is 0.750. The molecule has 1 aromatic carbocycles. The summed E-state index contributed by atoms with van der Waals surface area (Å²) < 4.78 is 0. The minimum atomic E-state index is 0.750. The maximum Gasteiger partial charge on any atom is 0.283 e. The van der Waals surface area contributed by atoms with Gasteiger partial charge in [0.1, 0.15) is 0 Å². The summed E-state index contributed by atoms with van der Waals surface area (Å²) in [6.07, 6.45) is 0.750. The molecule has 0 saturated heterocycles. The van der Waals surface area contributed by atoms with Gasteiger partial charge >= 0.3 is 0 Å². The normalized spacial score (nSPS) is 7.36. The first-order valence-electron chi connectivity index (χ1n) is 3.27. The Morgan fingerprint density at radius 3 is 1.45 bits per heavy atom. The van der Waals surface area contributed by atoms with Crippen LogP contribution in [0.1, 0.15) is 11.1 Å². The first-order valence-corrected chi connectivity index (χ1v) is 3.27. The number of nitrogens with zero attached hydrogens (tertiary/aromatic N) is 1. The van der Waals surface area contributed by atoms with Gasteiger partial charge in [-0.25, -0.2) is 0 Å². The molecule has 0 radical (unpaired) electrons. The summed E-state index contributed by atoms with van der Waals surface area (Å²) in [5, 5.41) is 13.8. The average molecular weight is 149 g/mol. The van der Waals surface area contributed by atoms with Crippen molar-refractivity contribution in [3.63, 3.8) is 0 Å². The van der Waals surface area contributed by atoms with Gasteiger partial charge in [0, 0.05) is 0 Å². The molecule has 58 valence electrons. The quantitative estimate of drug-likeness (QED) is 0.574. The van der Waals surface area contributed by atoms with Crippen LogP contribution in [-0.4, -0.2) is 5.11 Å². The fourth-order valence-electron chi connectivity index (χ4n) is 0.637. The van der Waals surface area contributed by atoms with Gasteiger partial charge in [-0.3, -0.25) is 0 Å². The lowest BCUT2D eigenvalue weighted by Gasteiger charge is -1.90. The molecule has 0 fully saturated rings. The third-order valence-corrected chi connectivity index (χ3v) is 1.22. The van der Waals surface area contributed by atoms with Crippen LogP contribution in [0.5, 0.6) is 0 Å². The molecular formula is C9H11NO. The van der Waals surface area contributed by atoms with Gasteiger partial charge in [0.2, 0.25) is 0 Å². The third-order valence-electron chi connectivity index (χ3n) is 1.22. The Bertz CT molecular complexity index is 212. The van der Waals surface area contributed by atoms with Gasteiger partial charge in [-0.15, -0.1) is 0 Å². The Labute approximate surface area is 66.7 Å². The van der Waals surface area contributed by atoms with Crippen LogP contribution in [0.2, 0.25) is 0 Å². The maximum absolute atomic E-state index is 6.88. The monoisotopic (exact) mass is 149 g/mol. The summed E-state index contributed by atoms with van der Waals surface area (Å²) in [5.41, 5.74) is 2.66. The van der Waals surface area contributed by atoms with Gasteiger partial charge in [0.05, 0.1) is 0 Å². The van der Waals surface area contributed by atoms with Gasteiger partial charge in [0.25, 0.3) is 6.26 Å². The second-order valence-electron chi connectivity index (χ2n) is 2.25. The second kappa shape index (κ2) is 5.31. The molecule has 11 heavy (non-hydrogen) atoms. The van der Waals surface area contributed by atoms with E-state index in [1.54, 1.807) is 0 Å². The molecule has 1 rings (SSSR count). The Morgan fingerprint density at radius 1 is 1.09 bits per heavy atom. The van der Waals surface area contributed by atoms with Gasteiger partial charge in [-0.2, -0.15) is 5.26 Å². The summed E-state index contributed by atoms with van der Waals surface area (Å²) in [6.45, 7) is 4.19. The van der Waals surface area contributed by atoms with E-state index in [0.29, 0.717) is 0 Å². The van der Waals surface area contributed by atoms with Gasteiger partial charge in [-0.1, -0.05) is 35.4 Å². The fourth-order valence-corrected chi connectivity index (χ4v) is 0.637. The molecule has 2 heteroatoms. The molecule has 1 N–H and O–H groups in total. The van der Waals surface area contributed by atoms with E-state index < -0.39 is 0 Å². The molecule has 0 aliphatic rings. The zero-order valence-corrected chi connectivity index (χ0v) is 6.70. The first-order chi connectivity index (χ1) is 5.20. The molecule has 0 aliphatic carbocycles. The van der Waals surface area contributed by atoms with Crippen molar-refractivity contribution >= 4 is 0 Å². The largest absolute Gasteiger partial charge is 0.443 e. The summed E-state index contributed by atoms with van der Waals surface area (Å²) >= 11 is 0. The molecule has 2 nitrogen and oxygen atoms in total. The van der Waals surface area contributed by atoms with Crippen LogP contribution in [0.15, 0.2) is 24.3 Å². The van der Waals surface area contributed by atoms with Crippen molar-refractivity contribution in [2.75, 3.05) is 0 Å². The number of aliphatic hydroxyl groups excluding tert-OH is 1. The van der Waals surface area contributed by atoms with Gasteiger partial charge in [0.15, 0.2) is 0 Å². The molecule has 1 aromatic rings. The van der Waals surface area contributed by atoms with E-state index in [4.69, 9.17) is 10.4 Å². The number of aryl methyl sites for hydroxylation is 2. The van der Waals surface area contributed by atoms with Crippen LogP contribution >= 0.6 is 0 Å². The maximum atomic E-state index is 6.88. The average Bonchev–Trinajstić information content (AvgIpc) is 1.97. The zero-order valence-electron chi connectivity index (χ0n) is 6.70. The van der Waals surface area contributed by atoms with E-state index in [9.17, 15) is 0 Å². The zero-order chi connectivity index (χ0) is 8.69. The Kier molecular flexibility index (Phi) is 4.59. The van der Waals surface area contributed by atoms with Crippen molar-refractivity contribution < 1.29 is 5.11 Å². The van der Waals surface area contributed by atoms with Crippen molar-refractivity contribution in [3.8, 4) is 6.26 Å². The lowest BCUT2D eigenvalue weighted by Crippen LogP contribution is -1.70. The highest BCUT2D eigenvalue weighted by atomic mass is 16.2. The van der Waals surface area contributed by atoms with Crippen molar-refractivity contribution in [3.05, 3.63) is 35.4 Å². The molecule has 0 unspecified atom stereocenters. The fraction of sp³-hybridized carbons (Fsp3) is 0.222. The van der Waals surface area contributed by atoms with Crippen LogP contribution in [-0.2, 0) is 0 Å². The summed E-state index contributed by atoms with van der Waals surface area (Å²) in [6, 6.07) is 8.48. The number of rotatable bonds is 0. The van der Waals surface area contributed by atoms with E-state index in [-0.39, 0.29) is 0 Å². The van der Waals surface area contributed by atoms with Crippen molar-refractivity contribution in [2.24, 2.45) is 0 Å². The van der Waals surface area contributed by atoms with Crippen LogP contribution < -0.4 is 0 Å². The standard InChI is InChI=1S/C8H10.CHNO/c1-7-3-5-8(2)6-4-7;2-1-3/h3-6H,1-2H3;3H. The second-order valence-corrected chi connectivity index (χ2v) is 2.25. The van der Waals surface area contributed by atoms with Gasteiger partial charge < -0.3 is 5.11 Å². The number of hydrogen-bond donors (Lipinski definition) is 1. The van der Waals surface area contributed by atoms with E-state index in [0.717, 1.165) is 6.26 Å². The highest BCUT2D eigenvalue weighted by molar-refractivity contribution is 5.19. The molecule has 0 aromatic heterocycles. The van der Waals surface area contributed by atoms with Crippen LogP contribution in [0.3, 0.4) is 0 Å².